The molecule has 2 aliphatic heterocycles. The molecule has 0 radical (unpaired) electrons. The number of carbonyl (C=O) groups excluding carboxylic acids is 1. The van der Waals surface area contributed by atoms with E-state index in [9.17, 15) is 14.3 Å². The molecule has 0 saturated carbocycles. The molecule has 2 saturated heterocycles. The van der Waals surface area contributed by atoms with Crippen molar-refractivity contribution in [1.29, 1.82) is 0 Å². The minimum atomic E-state index is -0.260. The molecule has 1 atom stereocenters. The number of aromatic nitrogens is 2. The predicted molar refractivity (Wildman–Crippen MR) is 129 cm³/mol. The van der Waals surface area contributed by atoms with Crippen LogP contribution in [0.3, 0.4) is 0 Å². The van der Waals surface area contributed by atoms with Gasteiger partial charge in [0.25, 0.3) is 5.91 Å². The second-order valence-electron chi connectivity index (χ2n) is 9.39. The SMILES string of the molecule is O=C(c1cncn1Cc1ccccc1-c1ccc(F)cc1)N1CCC(N2CCC[C@H](O)C2)CC1. The van der Waals surface area contributed by atoms with Gasteiger partial charge >= 0.3 is 0 Å². The Labute approximate surface area is 199 Å². The summed E-state index contributed by atoms with van der Waals surface area (Å²) in [6.07, 6.45) is 6.92. The zero-order valence-corrected chi connectivity index (χ0v) is 19.3. The number of nitrogens with zero attached hydrogens (tertiary/aromatic N) is 4. The number of aliphatic hydroxyl groups is 1. The lowest BCUT2D eigenvalue weighted by molar-refractivity contribution is 0.0238. The summed E-state index contributed by atoms with van der Waals surface area (Å²) >= 11 is 0. The Bertz CT molecular complexity index is 1120. The van der Waals surface area contributed by atoms with Gasteiger partial charge in [-0.1, -0.05) is 36.4 Å². The number of hydrogen-bond donors (Lipinski definition) is 1. The lowest BCUT2D eigenvalue weighted by Crippen LogP contribution is -2.50. The van der Waals surface area contributed by atoms with Gasteiger partial charge in [-0.2, -0.15) is 0 Å². The summed E-state index contributed by atoms with van der Waals surface area (Å²) in [6, 6.07) is 14.9. The highest BCUT2D eigenvalue weighted by molar-refractivity contribution is 5.92. The van der Waals surface area contributed by atoms with Crippen LogP contribution in [0.15, 0.2) is 61.1 Å². The Morgan fingerprint density at radius 3 is 2.56 bits per heavy atom. The Morgan fingerprint density at radius 2 is 1.79 bits per heavy atom. The third-order valence-corrected chi connectivity index (χ3v) is 7.14. The number of halogens is 1. The highest BCUT2D eigenvalue weighted by Gasteiger charge is 2.30. The molecule has 34 heavy (non-hydrogen) atoms. The average molecular weight is 463 g/mol. The second-order valence-corrected chi connectivity index (χ2v) is 9.39. The first-order chi connectivity index (χ1) is 16.6. The lowest BCUT2D eigenvalue weighted by atomic mass is 9.98. The molecule has 1 N–H and O–H groups in total. The number of rotatable bonds is 5. The van der Waals surface area contributed by atoms with Gasteiger partial charge in [-0.3, -0.25) is 9.69 Å². The molecule has 0 bridgehead atoms. The van der Waals surface area contributed by atoms with Crippen LogP contribution in [0.25, 0.3) is 11.1 Å². The number of likely N-dealkylation sites (tertiary alicyclic amines) is 2. The topological polar surface area (TPSA) is 61.6 Å². The van der Waals surface area contributed by atoms with Crippen molar-refractivity contribution in [3.63, 3.8) is 0 Å². The largest absolute Gasteiger partial charge is 0.392 e. The molecule has 3 aromatic rings. The summed E-state index contributed by atoms with van der Waals surface area (Å²) in [4.78, 5) is 22.0. The zero-order valence-electron chi connectivity index (χ0n) is 19.3. The van der Waals surface area contributed by atoms with Crippen LogP contribution >= 0.6 is 0 Å². The number of amides is 1. The van der Waals surface area contributed by atoms with E-state index in [0.717, 1.165) is 55.5 Å². The minimum absolute atomic E-state index is 0.00823. The number of β-amino-alcohol motifs (C(OH)–C–C–N with tert-alkyl or cyclic N) is 1. The molecule has 2 aromatic carbocycles. The first-order valence-corrected chi connectivity index (χ1v) is 12.1. The van der Waals surface area contributed by atoms with E-state index in [1.807, 2.05) is 33.7 Å². The highest BCUT2D eigenvalue weighted by atomic mass is 19.1. The summed E-state index contributed by atoms with van der Waals surface area (Å²) in [5.74, 6) is -0.252. The van der Waals surface area contributed by atoms with E-state index in [0.29, 0.717) is 31.4 Å². The van der Waals surface area contributed by atoms with Gasteiger partial charge in [-0.05, 0) is 61.1 Å². The van der Waals surface area contributed by atoms with E-state index >= 15 is 0 Å². The van der Waals surface area contributed by atoms with Crippen LogP contribution in [0.4, 0.5) is 4.39 Å². The van der Waals surface area contributed by atoms with Gasteiger partial charge in [0.15, 0.2) is 0 Å². The lowest BCUT2D eigenvalue weighted by Gasteiger charge is -2.41. The van der Waals surface area contributed by atoms with Crippen LogP contribution in [0, 0.1) is 5.82 Å². The molecule has 6 nitrogen and oxygen atoms in total. The molecular formula is C27H31FN4O2. The molecule has 2 aliphatic rings. The molecule has 0 spiro atoms. The normalized spacial score (nSPS) is 19.9. The second kappa shape index (κ2) is 10.1. The first-order valence-electron chi connectivity index (χ1n) is 12.1. The molecule has 1 amide bonds. The fourth-order valence-corrected chi connectivity index (χ4v) is 5.29. The molecule has 0 unspecified atom stereocenters. The van der Waals surface area contributed by atoms with Crippen molar-refractivity contribution in [3.8, 4) is 11.1 Å². The third kappa shape index (κ3) is 4.91. The number of carbonyl (C=O) groups is 1. The standard InChI is InChI=1S/C27H31FN4O2/c28-22-9-7-20(8-10-22)25-6-2-1-4-21(25)17-32-19-29-16-26(32)27(34)30-14-11-23(12-15-30)31-13-3-5-24(33)18-31/h1-2,4,6-10,16,19,23-24,33H,3,5,11-15,17-18H2/t24-/m0/s1. The summed E-state index contributed by atoms with van der Waals surface area (Å²) in [7, 11) is 0. The first kappa shape index (κ1) is 22.7. The Kier molecular flexibility index (Phi) is 6.74. The molecule has 0 aliphatic carbocycles. The minimum Gasteiger partial charge on any atom is -0.392 e. The number of aliphatic hydroxyl groups excluding tert-OH is 1. The van der Waals surface area contributed by atoms with Crippen LogP contribution in [0.5, 0.6) is 0 Å². The highest BCUT2D eigenvalue weighted by Crippen LogP contribution is 2.26. The Hall–Kier alpha value is -3.03. The average Bonchev–Trinajstić information content (AvgIpc) is 3.33. The van der Waals surface area contributed by atoms with Gasteiger partial charge in [0.05, 0.1) is 18.6 Å². The van der Waals surface area contributed by atoms with E-state index in [-0.39, 0.29) is 17.8 Å². The molecule has 2 fully saturated rings. The van der Waals surface area contributed by atoms with E-state index in [1.165, 1.54) is 12.1 Å². The Morgan fingerprint density at radius 1 is 1.03 bits per heavy atom. The number of benzene rings is 2. The van der Waals surface area contributed by atoms with Crippen LogP contribution in [0.2, 0.25) is 0 Å². The fraction of sp³-hybridized carbons (Fsp3) is 0.407. The Balaban J connectivity index is 1.27. The monoisotopic (exact) mass is 462 g/mol. The third-order valence-electron chi connectivity index (χ3n) is 7.14. The van der Waals surface area contributed by atoms with Gasteiger partial charge in [0.1, 0.15) is 11.5 Å². The maximum atomic E-state index is 13.4. The summed E-state index contributed by atoms with van der Waals surface area (Å²) in [6.45, 7) is 3.73. The molecule has 1 aromatic heterocycles. The van der Waals surface area contributed by atoms with E-state index in [4.69, 9.17) is 0 Å². The maximum Gasteiger partial charge on any atom is 0.272 e. The predicted octanol–water partition coefficient (Wildman–Crippen LogP) is 3.80. The molecule has 7 heteroatoms. The van der Waals surface area contributed by atoms with Crippen LogP contribution in [-0.2, 0) is 6.54 Å². The van der Waals surface area contributed by atoms with Gasteiger partial charge in [-0.15, -0.1) is 0 Å². The zero-order chi connectivity index (χ0) is 23.5. The van der Waals surface area contributed by atoms with Crippen molar-refractivity contribution in [2.24, 2.45) is 0 Å². The quantitative estimate of drug-likeness (QED) is 0.627. The van der Waals surface area contributed by atoms with E-state index in [1.54, 1.807) is 24.7 Å². The van der Waals surface area contributed by atoms with Crippen molar-refractivity contribution in [2.45, 2.75) is 44.4 Å². The molecule has 178 valence electrons. The van der Waals surface area contributed by atoms with Gasteiger partial charge in [0, 0.05) is 32.2 Å². The smallest absolute Gasteiger partial charge is 0.272 e. The van der Waals surface area contributed by atoms with Gasteiger partial charge in [-0.25, -0.2) is 9.37 Å². The van der Waals surface area contributed by atoms with E-state index < -0.39 is 0 Å². The van der Waals surface area contributed by atoms with Crippen LogP contribution < -0.4 is 0 Å². The number of imidazole rings is 1. The molecule has 3 heterocycles. The molecular weight excluding hydrogens is 431 g/mol. The maximum absolute atomic E-state index is 13.4. The van der Waals surface area contributed by atoms with Crippen molar-refractivity contribution < 1.29 is 14.3 Å². The summed E-state index contributed by atoms with van der Waals surface area (Å²) in [5, 5.41) is 10.00. The van der Waals surface area contributed by atoms with Crippen molar-refractivity contribution >= 4 is 5.91 Å². The van der Waals surface area contributed by atoms with Crippen LogP contribution in [0.1, 0.15) is 41.7 Å². The fourth-order valence-electron chi connectivity index (χ4n) is 5.29. The van der Waals surface area contributed by atoms with Crippen LogP contribution in [-0.4, -0.2) is 68.7 Å². The number of piperidine rings is 2. The van der Waals surface area contributed by atoms with Crippen molar-refractivity contribution in [2.75, 3.05) is 26.2 Å². The molecule has 5 rings (SSSR count). The van der Waals surface area contributed by atoms with Gasteiger partial charge in [0.2, 0.25) is 0 Å². The summed E-state index contributed by atoms with van der Waals surface area (Å²) in [5.41, 5.74) is 3.58. The summed E-state index contributed by atoms with van der Waals surface area (Å²) < 4.78 is 15.3. The van der Waals surface area contributed by atoms with Crippen molar-refractivity contribution in [1.82, 2.24) is 19.4 Å². The van der Waals surface area contributed by atoms with E-state index in [2.05, 4.69) is 9.88 Å². The number of hydrogen-bond acceptors (Lipinski definition) is 4. The van der Waals surface area contributed by atoms with Gasteiger partial charge < -0.3 is 14.6 Å². The van der Waals surface area contributed by atoms with Crippen molar-refractivity contribution in [3.05, 3.63) is 78.1 Å².